The molecule has 0 radical (unpaired) electrons. The van der Waals surface area contributed by atoms with E-state index in [0.29, 0.717) is 11.0 Å². The van der Waals surface area contributed by atoms with Crippen LogP contribution in [0.5, 0.6) is 0 Å². The van der Waals surface area contributed by atoms with Gasteiger partial charge in [0.25, 0.3) is 0 Å². The molecule has 0 bridgehead atoms. The van der Waals surface area contributed by atoms with Crippen LogP contribution in [-0.2, 0) is 4.79 Å². The number of hydrogen-bond donors (Lipinski definition) is 2. The van der Waals surface area contributed by atoms with Crippen LogP contribution >= 0.6 is 11.6 Å². The summed E-state index contributed by atoms with van der Waals surface area (Å²) in [5.41, 5.74) is 6.06. The molecule has 1 saturated carbocycles. The van der Waals surface area contributed by atoms with E-state index in [1.165, 1.54) is 0 Å². The quantitative estimate of drug-likeness (QED) is 0.639. The number of nitrogens with one attached hydrogen (secondary N) is 1. The van der Waals surface area contributed by atoms with E-state index in [1.54, 1.807) is 18.2 Å². The minimum atomic E-state index is -0.117. The Labute approximate surface area is 112 Å². The largest absolute Gasteiger partial charge is 0.327 e. The third-order valence-corrected chi connectivity index (χ3v) is 3.58. The summed E-state index contributed by atoms with van der Waals surface area (Å²) < 4.78 is 0. The Morgan fingerprint density at radius 1 is 1.33 bits per heavy atom. The van der Waals surface area contributed by atoms with Crippen LogP contribution in [0.3, 0.4) is 0 Å². The highest BCUT2D eigenvalue weighted by Gasteiger charge is 2.27. The second kappa shape index (κ2) is 6.16. The van der Waals surface area contributed by atoms with Gasteiger partial charge in [-0.2, -0.15) is 0 Å². The SMILES string of the molecule is NC1CCCCCC1C(=O)Nc1cccc(Cl)n1. The van der Waals surface area contributed by atoms with Gasteiger partial charge in [0.15, 0.2) is 0 Å². The molecule has 98 valence electrons. The Kier molecular flexibility index (Phi) is 4.55. The maximum atomic E-state index is 12.2. The molecule has 4 nitrogen and oxygen atoms in total. The van der Waals surface area contributed by atoms with Gasteiger partial charge in [-0.1, -0.05) is 36.9 Å². The monoisotopic (exact) mass is 267 g/mol. The van der Waals surface area contributed by atoms with E-state index < -0.39 is 0 Å². The first kappa shape index (κ1) is 13.3. The Bertz CT molecular complexity index is 424. The summed E-state index contributed by atoms with van der Waals surface area (Å²) in [6, 6.07) is 5.12. The Hall–Kier alpha value is -1.13. The van der Waals surface area contributed by atoms with E-state index in [0.717, 1.165) is 32.1 Å². The Morgan fingerprint density at radius 3 is 2.89 bits per heavy atom. The minimum absolute atomic E-state index is 0.0424. The smallest absolute Gasteiger partial charge is 0.230 e. The van der Waals surface area contributed by atoms with Crippen LogP contribution in [0.25, 0.3) is 0 Å². The lowest BCUT2D eigenvalue weighted by atomic mass is 9.94. The number of pyridine rings is 1. The van der Waals surface area contributed by atoms with Gasteiger partial charge in [0.1, 0.15) is 11.0 Å². The second-order valence-electron chi connectivity index (χ2n) is 4.74. The van der Waals surface area contributed by atoms with E-state index in [4.69, 9.17) is 17.3 Å². The topological polar surface area (TPSA) is 68.0 Å². The molecular weight excluding hydrogens is 250 g/mol. The molecule has 18 heavy (non-hydrogen) atoms. The summed E-state index contributed by atoms with van der Waals surface area (Å²) in [4.78, 5) is 16.2. The van der Waals surface area contributed by atoms with E-state index >= 15 is 0 Å². The molecule has 1 fully saturated rings. The minimum Gasteiger partial charge on any atom is -0.327 e. The van der Waals surface area contributed by atoms with Crippen molar-refractivity contribution >= 4 is 23.3 Å². The van der Waals surface area contributed by atoms with Crippen molar-refractivity contribution in [1.82, 2.24) is 4.98 Å². The normalized spacial score (nSPS) is 24.3. The first-order chi connectivity index (χ1) is 8.66. The van der Waals surface area contributed by atoms with Crippen molar-refractivity contribution in [2.75, 3.05) is 5.32 Å². The molecular formula is C13H18ClN3O. The second-order valence-corrected chi connectivity index (χ2v) is 5.13. The molecule has 1 amide bonds. The lowest BCUT2D eigenvalue weighted by molar-refractivity contribution is -0.120. The highest BCUT2D eigenvalue weighted by molar-refractivity contribution is 6.29. The highest BCUT2D eigenvalue weighted by Crippen LogP contribution is 2.23. The summed E-state index contributed by atoms with van der Waals surface area (Å²) >= 11 is 5.78. The van der Waals surface area contributed by atoms with Crippen molar-refractivity contribution in [3.63, 3.8) is 0 Å². The maximum Gasteiger partial charge on any atom is 0.230 e. The van der Waals surface area contributed by atoms with Crippen LogP contribution in [0.2, 0.25) is 5.15 Å². The number of halogens is 1. The van der Waals surface area contributed by atoms with E-state index in [-0.39, 0.29) is 17.9 Å². The summed E-state index contributed by atoms with van der Waals surface area (Å²) in [6.07, 6.45) is 5.11. The average Bonchev–Trinajstić information content (AvgIpc) is 2.54. The van der Waals surface area contributed by atoms with Crippen molar-refractivity contribution in [2.24, 2.45) is 11.7 Å². The number of amides is 1. The molecule has 1 heterocycles. The summed E-state index contributed by atoms with van der Waals surface area (Å²) in [5, 5.41) is 3.17. The fraction of sp³-hybridized carbons (Fsp3) is 0.538. The lowest BCUT2D eigenvalue weighted by Crippen LogP contribution is -2.37. The number of hydrogen-bond acceptors (Lipinski definition) is 3. The average molecular weight is 268 g/mol. The first-order valence-corrected chi connectivity index (χ1v) is 6.73. The number of nitrogens with zero attached hydrogens (tertiary/aromatic N) is 1. The van der Waals surface area contributed by atoms with E-state index in [9.17, 15) is 4.79 Å². The molecule has 0 saturated heterocycles. The molecule has 2 atom stereocenters. The van der Waals surface area contributed by atoms with Crippen molar-refractivity contribution in [3.05, 3.63) is 23.4 Å². The molecule has 5 heteroatoms. The van der Waals surface area contributed by atoms with Gasteiger partial charge >= 0.3 is 0 Å². The zero-order valence-corrected chi connectivity index (χ0v) is 11.0. The summed E-state index contributed by atoms with van der Waals surface area (Å²) in [5.74, 6) is 0.330. The van der Waals surface area contributed by atoms with Crippen molar-refractivity contribution in [2.45, 2.75) is 38.1 Å². The predicted molar refractivity (Wildman–Crippen MR) is 72.4 cm³/mol. The standard InChI is InChI=1S/C13H18ClN3O/c14-11-7-4-8-12(16-11)17-13(18)9-5-2-1-3-6-10(9)15/h4,7-10H,1-3,5-6,15H2,(H,16,17,18). The Balaban J connectivity index is 2.02. The molecule has 1 aromatic heterocycles. The van der Waals surface area contributed by atoms with Gasteiger partial charge in [-0.25, -0.2) is 4.98 Å². The number of nitrogens with two attached hydrogens (primary N) is 1. The van der Waals surface area contributed by atoms with Crippen LogP contribution in [0.4, 0.5) is 5.82 Å². The van der Waals surface area contributed by atoms with Crippen LogP contribution in [-0.4, -0.2) is 16.9 Å². The van der Waals surface area contributed by atoms with Crippen LogP contribution in [0.1, 0.15) is 32.1 Å². The van der Waals surface area contributed by atoms with Crippen LogP contribution < -0.4 is 11.1 Å². The molecule has 2 unspecified atom stereocenters. The lowest BCUT2D eigenvalue weighted by Gasteiger charge is -2.20. The Morgan fingerprint density at radius 2 is 2.11 bits per heavy atom. The fourth-order valence-electron chi connectivity index (χ4n) is 2.36. The predicted octanol–water partition coefficient (Wildman–Crippen LogP) is 2.58. The fourth-order valence-corrected chi connectivity index (χ4v) is 2.52. The molecule has 0 aliphatic heterocycles. The van der Waals surface area contributed by atoms with Gasteiger partial charge in [0.2, 0.25) is 5.91 Å². The number of anilines is 1. The number of aromatic nitrogens is 1. The third-order valence-electron chi connectivity index (χ3n) is 3.37. The van der Waals surface area contributed by atoms with E-state index in [2.05, 4.69) is 10.3 Å². The highest BCUT2D eigenvalue weighted by atomic mass is 35.5. The van der Waals surface area contributed by atoms with Gasteiger partial charge in [0.05, 0.1) is 5.92 Å². The molecule has 1 aliphatic carbocycles. The number of carbonyl (C=O) groups is 1. The zero-order chi connectivity index (χ0) is 13.0. The van der Waals surface area contributed by atoms with Crippen LogP contribution in [0, 0.1) is 5.92 Å². The van der Waals surface area contributed by atoms with Gasteiger partial charge in [-0.3, -0.25) is 4.79 Å². The molecule has 2 rings (SSSR count). The molecule has 1 aliphatic rings. The van der Waals surface area contributed by atoms with Gasteiger partial charge in [0, 0.05) is 6.04 Å². The molecule has 0 aromatic carbocycles. The zero-order valence-electron chi connectivity index (χ0n) is 10.2. The third kappa shape index (κ3) is 3.43. The van der Waals surface area contributed by atoms with Crippen molar-refractivity contribution < 1.29 is 4.79 Å². The van der Waals surface area contributed by atoms with Gasteiger partial charge in [-0.15, -0.1) is 0 Å². The molecule has 0 spiro atoms. The summed E-state index contributed by atoms with van der Waals surface area (Å²) in [6.45, 7) is 0. The van der Waals surface area contributed by atoms with Crippen LogP contribution in [0.15, 0.2) is 18.2 Å². The van der Waals surface area contributed by atoms with Crippen molar-refractivity contribution in [1.29, 1.82) is 0 Å². The molecule has 3 N–H and O–H groups in total. The van der Waals surface area contributed by atoms with Gasteiger partial charge in [-0.05, 0) is 25.0 Å². The van der Waals surface area contributed by atoms with E-state index in [1.807, 2.05) is 0 Å². The summed E-state index contributed by atoms with van der Waals surface area (Å²) in [7, 11) is 0. The van der Waals surface area contributed by atoms with Crippen molar-refractivity contribution in [3.8, 4) is 0 Å². The maximum absolute atomic E-state index is 12.2. The van der Waals surface area contributed by atoms with Gasteiger partial charge < -0.3 is 11.1 Å². The first-order valence-electron chi connectivity index (χ1n) is 6.36. The molecule has 1 aromatic rings. The number of rotatable bonds is 2. The number of carbonyl (C=O) groups excluding carboxylic acids is 1.